The van der Waals surface area contributed by atoms with Crippen LogP contribution in [0.5, 0.6) is 0 Å². The van der Waals surface area contributed by atoms with Crippen LogP contribution in [0, 0.1) is 17.6 Å². The number of carbonyl (C=O) groups excluding carboxylic acids is 2. The van der Waals surface area contributed by atoms with E-state index in [-0.39, 0.29) is 27.0 Å². The summed E-state index contributed by atoms with van der Waals surface area (Å²) in [5, 5.41) is 5.54. The first kappa shape index (κ1) is 27.2. The first-order chi connectivity index (χ1) is 16.8. The van der Waals surface area contributed by atoms with Crippen LogP contribution in [0.15, 0.2) is 46.9 Å². The molecule has 1 saturated carbocycles. The summed E-state index contributed by atoms with van der Waals surface area (Å²) >= 11 is 34.5. The summed E-state index contributed by atoms with van der Waals surface area (Å²) in [7, 11) is 0. The van der Waals surface area contributed by atoms with Gasteiger partial charge in [0.1, 0.15) is 15.8 Å². The Labute approximate surface area is 237 Å². The van der Waals surface area contributed by atoms with Crippen molar-refractivity contribution in [2.45, 2.75) is 10.3 Å². The number of amides is 2. The average Bonchev–Trinajstić information content (AvgIpc) is 3.40. The Kier molecular flexibility index (Phi) is 7.68. The lowest BCUT2D eigenvalue weighted by Gasteiger charge is -2.11. The topological polar surface area (TPSA) is 84.2 Å². The SMILES string of the molecule is Nc1c(F)ccc(NC(=O)c2cc(NC(=O)[C@@H]3[C@@H](c4cc(Cl)c(Cl)c(Br)c4)C3(Cl)Cl)ccc2Cl)c1F. The summed E-state index contributed by atoms with van der Waals surface area (Å²) in [4.78, 5) is 25.7. The van der Waals surface area contributed by atoms with E-state index in [1.165, 1.54) is 18.2 Å². The third-order valence-electron chi connectivity index (χ3n) is 5.55. The quantitative estimate of drug-likeness (QED) is 0.147. The van der Waals surface area contributed by atoms with E-state index in [0.29, 0.717) is 15.1 Å². The standard InChI is InChI=1S/C23H13BrCl5F2N3O2/c24-11-5-8(6-13(26)18(11)27)16-17(23(16,28)29)22(36)33-9-1-2-12(25)10(7-9)21(35)34-15-4-3-14(30)20(32)19(15)31/h1-7,16-17H,32H2,(H,33,36)(H,34,35)/t16-,17+/m1/s1. The number of nitrogen functional groups attached to an aromatic ring is 1. The predicted molar refractivity (Wildman–Crippen MR) is 144 cm³/mol. The summed E-state index contributed by atoms with van der Waals surface area (Å²) in [6.45, 7) is 0. The molecule has 3 aromatic rings. The molecule has 1 fully saturated rings. The predicted octanol–water partition coefficient (Wildman–Crippen LogP) is 8.05. The maximum atomic E-state index is 14.2. The monoisotopic (exact) mass is 655 g/mol. The summed E-state index contributed by atoms with van der Waals surface area (Å²) in [5.41, 5.74) is 4.98. The molecule has 0 unspecified atom stereocenters. The lowest BCUT2D eigenvalue weighted by Crippen LogP contribution is -2.18. The summed E-state index contributed by atoms with van der Waals surface area (Å²) < 4.78 is 26.7. The van der Waals surface area contributed by atoms with Crippen molar-refractivity contribution in [3.63, 3.8) is 0 Å². The van der Waals surface area contributed by atoms with E-state index in [1.807, 2.05) is 0 Å². The van der Waals surface area contributed by atoms with Crippen LogP contribution < -0.4 is 16.4 Å². The molecule has 2 atom stereocenters. The summed E-state index contributed by atoms with van der Waals surface area (Å²) in [5.74, 6) is -4.83. The first-order valence-electron chi connectivity index (χ1n) is 10.0. The van der Waals surface area contributed by atoms with Crippen molar-refractivity contribution >= 4 is 103 Å². The van der Waals surface area contributed by atoms with Crippen LogP contribution in [0.25, 0.3) is 0 Å². The van der Waals surface area contributed by atoms with Gasteiger partial charge in [-0.2, -0.15) is 0 Å². The van der Waals surface area contributed by atoms with Crippen molar-refractivity contribution in [3.05, 3.63) is 84.8 Å². The van der Waals surface area contributed by atoms with Crippen LogP contribution in [0.2, 0.25) is 15.1 Å². The molecule has 0 aromatic heterocycles. The number of nitrogens with two attached hydrogens (primary N) is 1. The van der Waals surface area contributed by atoms with Gasteiger partial charge in [-0.15, -0.1) is 23.2 Å². The van der Waals surface area contributed by atoms with Crippen LogP contribution in [0.1, 0.15) is 21.8 Å². The normalized spacial score (nSPS) is 18.0. The molecule has 0 aliphatic heterocycles. The van der Waals surface area contributed by atoms with Gasteiger partial charge in [-0.1, -0.05) is 34.8 Å². The zero-order valence-electron chi connectivity index (χ0n) is 17.6. The van der Waals surface area contributed by atoms with Gasteiger partial charge in [0.15, 0.2) is 5.82 Å². The maximum absolute atomic E-state index is 14.2. The van der Waals surface area contributed by atoms with Crippen molar-refractivity contribution in [2.24, 2.45) is 5.92 Å². The Hall–Kier alpha value is -1.81. The van der Waals surface area contributed by atoms with Crippen LogP contribution in [-0.2, 0) is 4.79 Å². The Morgan fingerprint density at radius 2 is 1.67 bits per heavy atom. The fourth-order valence-electron chi connectivity index (χ4n) is 3.67. The second-order valence-corrected chi connectivity index (χ2v) is 11.4. The smallest absolute Gasteiger partial charge is 0.257 e. The van der Waals surface area contributed by atoms with E-state index in [2.05, 4.69) is 26.6 Å². The van der Waals surface area contributed by atoms with Gasteiger partial charge in [-0.3, -0.25) is 9.59 Å². The molecule has 4 N–H and O–H groups in total. The highest BCUT2D eigenvalue weighted by Crippen LogP contribution is 2.65. The lowest BCUT2D eigenvalue weighted by atomic mass is 10.1. The van der Waals surface area contributed by atoms with E-state index in [9.17, 15) is 18.4 Å². The Bertz CT molecular complexity index is 1400. The minimum absolute atomic E-state index is 0.0231. The molecule has 0 spiro atoms. The highest BCUT2D eigenvalue weighted by molar-refractivity contribution is 9.10. The number of carbonyl (C=O) groups is 2. The zero-order valence-corrected chi connectivity index (χ0v) is 23.0. The van der Waals surface area contributed by atoms with Crippen molar-refractivity contribution in [1.82, 2.24) is 0 Å². The lowest BCUT2D eigenvalue weighted by molar-refractivity contribution is -0.117. The third kappa shape index (κ3) is 5.12. The highest BCUT2D eigenvalue weighted by Gasteiger charge is 2.67. The van der Waals surface area contributed by atoms with Crippen LogP contribution in [0.4, 0.5) is 25.8 Å². The summed E-state index contributed by atoms with van der Waals surface area (Å²) in [6.07, 6.45) is 0. The fourth-order valence-corrected chi connectivity index (χ4v) is 5.64. The van der Waals surface area contributed by atoms with Crippen molar-refractivity contribution in [3.8, 4) is 0 Å². The largest absolute Gasteiger partial charge is 0.394 e. The minimum atomic E-state index is -1.41. The second kappa shape index (κ2) is 10.2. The molecule has 0 bridgehead atoms. The molecule has 5 nitrogen and oxygen atoms in total. The molecule has 13 heteroatoms. The van der Waals surface area contributed by atoms with Crippen molar-refractivity contribution in [2.75, 3.05) is 16.4 Å². The molecule has 188 valence electrons. The van der Waals surface area contributed by atoms with Gasteiger partial charge in [-0.05, 0) is 64.0 Å². The average molecular weight is 659 g/mol. The molecule has 0 radical (unpaired) electrons. The number of halogens is 8. The van der Waals surface area contributed by atoms with E-state index in [1.54, 1.807) is 12.1 Å². The Morgan fingerprint density at radius 1 is 0.972 bits per heavy atom. The van der Waals surface area contributed by atoms with E-state index >= 15 is 0 Å². The van der Waals surface area contributed by atoms with Gasteiger partial charge >= 0.3 is 0 Å². The molecular weight excluding hydrogens is 645 g/mol. The number of anilines is 3. The van der Waals surface area contributed by atoms with Crippen LogP contribution in [0.3, 0.4) is 0 Å². The molecule has 0 saturated heterocycles. The maximum Gasteiger partial charge on any atom is 0.257 e. The zero-order chi connectivity index (χ0) is 26.5. The van der Waals surface area contributed by atoms with Gasteiger partial charge in [0, 0.05) is 16.1 Å². The number of rotatable bonds is 5. The second-order valence-electron chi connectivity index (χ2n) is 7.89. The molecule has 0 heterocycles. The van der Waals surface area contributed by atoms with Crippen molar-refractivity contribution in [1.29, 1.82) is 0 Å². The molecule has 4 rings (SSSR count). The van der Waals surface area contributed by atoms with E-state index in [4.69, 9.17) is 63.7 Å². The minimum Gasteiger partial charge on any atom is -0.394 e. The number of hydrogen-bond donors (Lipinski definition) is 3. The molecule has 1 aliphatic carbocycles. The number of benzene rings is 3. The van der Waals surface area contributed by atoms with E-state index in [0.717, 1.165) is 12.1 Å². The molecular formula is C23H13BrCl5F2N3O2. The number of nitrogens with one attached hydrogen (secondary N) is 2. The number of alkyl halides is 2. The van der Waals surface area contributed by atoms with Gasteiger partial charge in [0.25, 0.3) is 5.91 Å². The van der Waals surface area contributed by atoms with E-state index < -0.39 is 45.3 Å². The molecule has 36 heavy (non-hydrogen) atoms. The highest BCUT2D eigenvalue weighted by atomic mass is 79.9. The fraction of sp³-hybridized carbons (Fsp3) is 0.130. The van der Waals surface area contributed by atoms with Crippen LogP contribution in [-0.4, -0.2) is 16.1 Å². The van der Waals surface area contributed by atoms with Gasteiger partial charge < -0.3 is 16.4 Å². The Balaban J connectivity index is 1.53. The Morgan fingerprint density at radius 3 is 2.33 bits per heavy atom. The van der Waals surface area contributed by atoms with Crippen LogP contribution >= 0.6 is 73.9 Å². The molecule has 2 amide bonds. The van der Waals surface area contributed by atoms with Gasteiger partial charge in [0.2, 0.25) is 5.91 Å². The van der Waals surface area contributed by atoms with Gasteiger partial charge in [0.05, 0.1) is 32.2 Å². The molecule has 3 aromatic carbocycles. The number of hydrogen-bond acceptors (Lipinski definition) is 3. The first-order valence-corrected chi connectivity index (χ1v) is 12.7. The van der Waals surface area contributed by atoms with Crippen molar-refractivity contribution < 1.29 is 18.4 Å². The molecule has 1 aliphatic rings. The summed E-state index contributed by atoms with van der Waals surface area (Å²) in [6, 6.07) is 9.32. The van der Waals surface area contributed by atoms with Gasteiger partial charge in [-0.25, -0.2) is 8.78 Å². The third-order valence-corrected chi connectivity index (χ3v) is 8.48.